The molecule has 0 saturated carbocycles. The number of carbonyl (C=O) groups is 1. The van der Waals surface area contributed by atoms with Crippen molar-refractivity contribution in [1.82, 2.24) is 24.3 Å². The quantitative estimate of drug-likeness (QED) is 0.486. The van der Waals surface area contributed by atoms with Crippen LogP contribution in [-0.4, -0.2) is 76.0 Å². The molecule has 1 atom stereocenters. The van der Waals surface area contributed by atoms with Gasteiger partial charge in [0.2, 0.25) is 5.91 Å². The van der Waals surface area contributed by atoms with Gasteiger partial charge < -0.3 is 9.47 Å². The van der Waals surface area contributed by atoms with Crippen LogP contribution in [0.25, 0.3) is 11.0 Å². The predicted octanol–water partition coefficient (Wildman–Crippen LogP) is 4.50. The number of aromatic nitrogens is 2. The highest BCUT2D eigenvalue weighted by Crippen LogP contribution is 2.24. The van der Waals surface area contributed by atoms with E-state index in [1.54, 1.807) is 0 Å². The molecule has 0 radical (unpaired) electrons. The lowest BCUT2D eigenvalue weighted by molar-refractivity contribution is -0.139. The normalized spacial score (nSPS) is 19.9. The van der Waals surface area contributed by atoms with Gasteiger partial charge in [0, 0.05) is 44.3 Å². The number of carbonyl (C=O) groups excluding carboxylic acids is 1. The molecule has 6 nitrogen and oxygen atoms in total. The maximum atomic E-state index is 13.3. The number of para-hydroxylation sites is 2. The molecule has 3 heterocycles. The fourth-order valence-corrected chi connectivity index (χ4v) is 5.69. The highest BCUT2D eigenvalue weighted by atomic mass is 35.5. The van der Waals surface area contributed by atoms with Gasteiger partial charge in [0.05, 0.1) is 23.5 Å². The minimum absolute atomic E-state index is 0.0931. The molecule has 0 aliphatic carbocycles. The Balaban J connectivity index is 1.28. The summed E-state index contributed by atoms with van der Waals surface area (Å²) in [6.07, 6.45) is 3.23. The third-order valence-electron chi connectivity index (χ3n) is 7.43. The summed E-state index contributed by atoms with van der Waals surface area (Å²) in [7, 11) is 0. The molecule has 2 aliphatic rings. The third-order valence-corrected chi connectivity index (χ3v) is 7.68. The number of rotatable bonds is 7. The number of hydrogen-bond acceptors (Lipinski definition) is 4. The number of piperazine rings is 1. The van der Waals surface area contributed by atoms with Gasteiger partial charge in [0.1, 0.15) is 5.82 Å². The number of benzene rings is 2. The second-order valence-corrected chi connectivity index (χ2v) is 10.4. The Kier molecular flexibility index (Phi) is 7.71. The van der Waals surface area contributed by atoms with Gasteiger partial charge >= 0.3 is 0 Å². The van der Waals surface area contributed by atoms with Gasteiger partial charge in [-0.25, -0.2) is 4.98 Å². The van der Waals surface area contributed by atoms with Crippen LogP contribution in [0, 0.1) is 5.92 Å². The van der Waals surface area contributed by atoms with Crippen LogP contribution in [-0.2, 0) is 17.9 Å². The van der Waals surface area contributed by atoms with Crippen molar-refractivity contribution in [2.45, 2.75) is 39.3 Å². The standard InChI is InChI=1S/C28H36ClN5O/c1-2-13-31-15-17-33(18-16-31)28(35)23-6-5-14-32(20-23)21-27-30-25-7-3-4-8-26(25)34(27)19-22-9-11-24(29)12-10-22/h3-4,7-12,23H,2,5-6,13-21H2,1H3/t23-/m1/s1. The lowest BCUT2D eigenvalue weighted by Gasteiger charge is -2.39. The summed E-state index contributed by atoms with van der Waals surface area (Å²) in [5.41, 5.74) is 3.37. The van der Waals surface area contributed by atoms with E-state index in [0.717, 1.165) is 93.6 Å². The molecule has 0 N–H and O–H groups in total. The van der Waals surface area contributed by atoms with Gasteiger partial charge in [-0.3, -0.25) is 14.6 Å². The summed E-state index contributed by atoms with van der Waals surface area (Å²) in [4.78, 5) is 25.4. The highest BCUT2D eigenvalue weighted by Gasteiger charge is 2.31. The molecule has 0 unspecified atom stereocenters. The molecule has 2 saturated heterocycles. The van der Waals surface area contributed by atoms with Gasteiger partial charge in [0.15, 0.2) is 0 Å². The molecule has 2 aromatic carbocycles. The van der Waals surface area contributed by atoms with E-state index in [2.05, 4.69) is 56.5 Å². The number of nitrogens with zero attached hydrogens (tertiary/aromatic N) is 5. The van der Waals surface area contributed by atoms with Gasteiger partial charge in [-0.1, -0.05) is 42.8 Å². The predicted molar refractivity (Wildman–Crippen MR) is 142 cm³/mol. The Labute approximate surface area is 213 Å². The molecule has 3 aromatic rings. The molecule has 7 heteroatoms. The maximum absolute atomic E-state index is 13.3. The third kappa shape index (κ3) is 5.71. The van der Waals surface area contributed by atoms with Crippen molar-refractivity contribution in [2.75, 3.05) is 45.8 Å². The first-order valence-corrected chi connectivity index (χ1v) is 13.4. The van der Waals surface area contributed by atoms with Crippen LogP contribution in [0.5, 0.6) is 0 Å². The molecule has 1 amide bonds. The summed E-state index contributed by atoms with van der Waals surface area (Å²) in [6.45, 7) is 10.4. The summed E-state index contributed by atoms with van der Waals surface area (Å²) in [5.74, 6) is 1.50. The van der Waals surface area contributed by atoms with E-state index in [-0.39, 0.29) is 5.92 Å². The topological polar surface area (TPSA) is 44.6 Å². The lowest BCUT2D eigenvalue weighted by atomic mass is 9.96. The molecule has 5 rings (SSSR count). The first kappa shape index (κ1) is 24.3. The molecule has 0 spiro atoms. The molecule has 2 fully saturated rings. The van der Waals surface area contributed by atoms with Gasteiger partial charge in [-0.15, -0.1) is 0 Å². The first-order chi connectivity index (χ1) is 17.1. The Bertz CT molecular complexity index is 1140. The smallest absolute Gasteiger partial charge is 0.227 e. The average Bonchev–Trinajstić information content (AvgIpc) is 3.22. The van der Waals surface area contributed by atoms with E-state index in [4.69, 9.17) is 16.6 Å². The summed E-state index contributed by atoms with van der Waals surface area (Å²) in [6, 6.07) is 16.4. The monoisotopic (exact) mass is 493 g/mol. The second kappa shape index (κ2) is 11.1. The van der Waals surface area contributed by atoms with Crippen LogP contribution < -0.4 is 0 Å². The molecular formula is C28H36ClN5O. The van der Waals surface area contributed by atoms with Gasteiger partial charge in [0.25, 0.3) is 0 Å². The van der Waals surface area contributed by atoms with Crippen LogP contribution in [0.2, 0.25) is 5.02 Å². The molecule has 186 valence electrons. The van der Waals surface area contributed by atoms with Crippen molar-refractivity contribution in [1.29, 1.82) is 0 Å². The van der Waals surface area contributed by atoms with Crippen LogP contribution in [0.15, 0.2) is 48.5 Å². The Morgan fingerprint density at radius 1 is 0.971 bits per heavy atom. The molecular weight excluding hydrogens is 458 g/mol. The minimum Gasteiger partial charge on any atom is -0.340 e. The Morgan fingerprint density at radius 2 is 1.74 bits per heavy atom. The average molecular weight is 494 g/mol. The summed E-state index contributed by atoms with van der Waals surface area (Å²) in [5, 5.41) is 0.750. The van der Waals surface area contributed by atoms with E-state index < -0.39 is 0 Å². The highest BCUT2D eigenvalue weighted by molar-refractivity contribution is 6.30. The van der Waals surface area contributed by atoms with Gasteiger partial charge in [-0.05, 0) is 62.2 Å². The van der Waals surface area contributed by atoms with E-state index in [1.165, 1.54) is 12.0 Å². The van der Waals surface area contributed by atoms with Crippen LogP contribution >= 0.6 is 11.6 Å². The molecule has 0 bridgehead atoms. The summed E-state index contributed by atoms with van der Waals surface area (Å²) >= 11 is 6.11. The zero-order valence-corrected chi connectivity index (χ0v) is 21.5. The zero-order chi connectivity index (χ0) is 24.2. The molecule has 1 aromatic heterocycles. The van der Waals surface area contributed by atoms with Crippen LogP contribution in [0.1, 0.15) is 37.6 Å². The van der Waals surface area contributed by atoms with E-state index in [9.17, 15) is 4.79 Å². The number of hydrogen-bond donors (Lipinski definition) is 0. The van der Waals surface area contributed by atoms with Crippen molar-refractivity contribution in [3.63, 3.8) is 0 Å². The fraction of sp³-hybridized carbons (Fsp3) is 0.500. The van der Waals surface area contributed by atoms with Crippen LogP contribution in [0.4, 0.5) is 0 Å². The molecule has 2 aliphatic heterocycles. The van der Waals surface area contributed by atoms with E-state index in [1.807, 2.05) is 18.2 Å². The summed E-state index contributed by atoms with van der Waals surface area (Å²) < 4.78 is 2.32. The lowest BCUT2D eigenvalue weighted by Crippen LogP contribution is -2.52. The Hall–Kier alpha value is -2.41. The van der Waals surface area contributed by atoms with E-state index in [0.29, 0.717) is 5.91 Å². The first-order valence-electron chi connectivity index (χ1n) is 13.0. The van der Waals surface area contributed by atoms with Crippen molar-refractivity contribution in [2.24, 2.45) is 5.92 Å². The number of fused-ring (bicyclic) bond motifs is 1. The van der Waals surface area contributed by atoms with Gasteiger partial charge in [-0.2, -0.15) is 0 Å². The largest absolute Gasteiger partial charge is 0.340 e. The van der Waals surface area contributed by atoms with Crippen molar-refractivity contribution < 1.29 is 4.79 Å². The minimum atomic E-state index is 0.0931. The Morgan fingerprint density at radius 3 is 2.51 bits per heavy atom. The van der Waals surface area contributed by atoms with E-state index >= 15 is 0 Å². The van der Waals surface area contributed by atoms with Crippen molar-refractivity contribution in [3.8, 4) is 0 Å². The van der Waals surface area contributed by atoms with Crippen LogP contribution in [0.3, 0.4) is 0 Å². The SMILES string of the molecule is CCCN1CCN(C(=O)[C@@H]2CCCN(Cc3nc4ccccc4n3Cc3ccc(Cl)cc3)C2)CC1. The van der Waals surface area contributed by atoms with Crippen molar-refractivity contribution in [3.05, 3.63) is 64.9 Å². The fourth-order valence-electron chi connectivity index (χ4n) is 5.56. The van der Waals surface area contributed by atoms with Crippen molar-refractivity contribution >= 4 is 28.5 Å². The maximum Gasteiger partial charge on any atom is 0.227 e. The second-order valence-electron chi connectivity index (χ2n) is 9.97. The number of imidazole rings is 1. The number of amides is 1. The number of piperidine rings is 1. The number of likely N-dealkylation sites (tertiary alicyclic amines) is 1. The molecule has 35 heavy (non-hydrogen) atoms. The zero-order valence-electron chi connectivity index (χ0n) is 20.7. The number of halogens is 1.